The molecule has 0 bridgehead atoms. The molecule has 2 aliphatic heterocycles. The molecule has 10 nitrogen and oxygen atoms in total. The van der Waals surface area contributed by atoms with Crippen LogP contribution in [0.1, 0.15) is 33.1 Å². The monoisotopic (exact) mass is 370 g/mol. The average Bonchev–Trinajstić information content (AvgIpc) is 2.71. The first-order valence-electron chi connectivity index (χ1n) is 8.06. The summed E-state index contributed by atoms with van der Waals surface area (Å²) in [6.45, 7) is 4.62. The van der Waals surface area contributed by atoms with Crippen LogP contribution in [0.4, 0.5) is 11.6 Å². The van der Waals surface area contributed by atoms with E-state index in [1.165, 1.54) is 6.33 Å². The van der Waals surface area contributed by atoms with Crippen LogP contribution in [-0.2, 0) is 15.0 Å². The molecule has 0 saturated carbocycles. The number of carbonyl (C=O) groups is 1. The topological polar surface area (TPSA) is 140 Å². The highest BCUT2D eigenvalue weighted by atomic mass is 32.2. The van der Waals surface area contributed by atoms with Crippen LogP contribution in [-0.4, -0.2) is 49.0 Å². The standard InChI is InChI=1S/C14H22N6O4S/c1-14(2)13(21)18-11-10(24-14)12(17-8-16-11)20-6-3-4-9(5-7-20)19-25(15,22)23/h8-9,19H,3-7H2,1-2H3,(H2,15,22,23)(H,16,17,18,21). The van der Waals surface area contributed by atoms with Gasteiger partial charge in [-0.25, -0.2) is 15.1 Å². The molecule has 1 saturated heterocycles. The van der Waals surface area contributed by atoms with Crippen LogP contribution in [0.3, 0.4) is 0 Å². The van der Waals surface area contributed by atoms with Gasteiger partial charge in [0.25, 0.3) is 16.1 Å². The Morgan fingerprint density at radius 2 is 2.12 bits per heavy atom. The fraction of sp³-hybridized carbons (Fsp3) is 0.643. The van der Waals surface area contributed by atoms with Crippen molar-refractivity contribution in [2.24, 2.45) is 5.14 Å². The van der Waals surface area contributed by atoms with Crippen molar-refractivity contribution in [3.05, 3.63) is 6.33 Å². The summed E-state index contributed by atoms with van der Waals surface area (Å²) < 4.78 is 30.8. The number of rotatable bonds is 3. The van der Waals surface area contributed by atoms with Crippen molar-refractivity contribution in [1.82, 2.24) is 14.7 Å². The molecule has 4 N–H and O–H groups in total. The van der Waals surface area contributed by atoms with Crippen molar-refractivity contribution in [2.45, 2.75) is 44.8 Å². The third kappa shape index (κ3) is 3.99. The van der Waals surface area contributed by atoms with Crippen LogP contribution in [0.5, 0.6) is 5.75 Å². The van der Waals surface area contributed by atoms with E-state index < -0.39 is 15.8 Å². The Morgan fingerprint density at radius 3 is 2.84 bits per heavy atom. The fourth-order valence-electron chi connectivity index (χ4n) is 2.99. The number of ether oxygens (including phenoxy) is 1. The van der Waals surface area contributed by atoms with Crippen molar-refractivity contribution in [1.29, 1.82) is 0 Å². The zero-order valence-electron chi connectivity index (χ0n) is 14.2. The van der Waals surface area contributed by atoms with Gasteiger partial charge in [0.15, 0.2) is 17.2 Å². The van der Waals surface area contributed by atoms with Crippen LogP contribution < -0.4 is 24.8 Å². The second-order valence-electron chi connectivity index (χ2n) is 6.72. The van der Waals surface area contributed by atoms with Crippen LogP contribution in [0, 0.1) is 0 Å². The number of fused-ring (bicyclic) bond motifs is 1. The van der Waals surface area contributed by atoms with Gasteiger partial charge in [-0.2, -0.15) is 13.1 Å². The summed E-state index contributed by atoms with van der Waals surface area (Å²) in [5, 5.41) is 7.80. The van der Waals surface area contributed by atoms with E-state index in [2.05, 4.69) is 20.0 Å². The molecule has 1 unspecified atom stereocenters. The first-order chi connectivity index (χ1) is 11.7. The van der Waals surface area contributed by atoms with E-state index in [9.17, 15) is 13.2 Å². The molecule has 1 fully saturated rings. The molecule has 0 spiro atoms. The van der Waals surface area contributed by atoms with Crippen molar-refractivity contribution in [2.75, 3.05) is 23.3 Å². The van der Waals surface area contributed by atoms with Gasteiger partial charge in [-0.3, -0.25) is 4.79 Å². The number of anilines is 2. The molecule has 3 rings (SSSR count). The SMILES string of the molecule is CC1(C)Oc2c(ncnc2N2CCCC(NS(N)(=O)=O)CC2)NC1=O. The second kappa shape index (κ2) is 6.39. The van der Waals surface area contributed by atoms with E-state index in [0.717, 1.165) is 6.42 Å². The summed E-state index contributed by atoms with van der Waals surface area (Å²) >= 11 is 0. The lowest BCUT2D eigenvalue weighted by Crippen LogP contribution is -2.46. The fourth-order valence-corrected chi connectivity index (χ4v) is 3.69. The number of amides is 1. The molecule has 2 aliphatic rings. The van der Waals surface area contributed by atoms with E-state index in [-0.39, 0.29) is 11.9 Å². The Balaban J connectivity index is 1.81. The quantitative estimate of drug-likeness (QED) is 0.666. The smallest absolute Gasteiger partial charge is 0.274 e. The first-order valence-corrected chi connectivity index (χ1v) is 9.61. The minimum Gasteiger partial charge on any atom is -0.470 e. The Bertz CT molecular complexity index is 782. The molecule has 0 aliphatic carbocycles. The van der Waals surface area contributed by atoms with Gasteiger partial charge < -0.3 is 15.0 Å². The highest BCUT2D eigenvalue weighted by molar-refractivity contribution is 7.87. The summed E-state index contributed by atoms with van der Waals surface area (Å²) in [5.41, 5.74) is -1.02. The van der Waals surface area contributed by atoms with Gasteiger partial charge in [0, 0.05) is 19.1 Å². The van der Waals surface area contributed by atoms with Crippen LogP contribution >= 0.6 is 0 Å². The second-order valence-corrected chi connectivity index (χ2v) is 8.04. The molecule has 25 heavy (non-hydrogen) atoms. The molecule has 1 amide bonds. The molecule has 1 aromatic rings. The number of nitrogens with one attached hydrogen (secondary N) is 2. The Hall–Kier alpha value is -1.98. The Morgan fingerprint density at radius 1 is 1.36 bits per heavy atom. The van der Waals surface area contributed by atoms with Crippen LogP contribution in [0.25, 0.3) is 0 Å². The molecule has 138 valence electrons. The van der Waals surface area contributed by atoms with E-state index >= 15 is 0 Å². The van der Waals surface area contributed by atoms with Gasteiger partial charge in [-0.05, 0) is 33.1 Å². The van der Waals surface area contributed by atoms with Crippen LogP contribution in [0.15, 0.2) is 6.33 Å². The minimum atomic E-state index is -3.72. The summed E-state index contributed by atoms with van der Waals surface area (Å²) in [6, 6.07) is -0.213. The maximum Gasteiger partial charge on any atom is 0.274 e. The first kappa shape index (κ1) is 17.8. The van der Waals surface area contributed by atoms with Gasteiger partial charge in [0.1, 0.15) is 6.33 Å². The molecule has 3 heterocycles. The third-order valence-corrected chi connectivity index (χ3v) is 4.94. The Kier molecular flexibility index (Phi) is 4.56. The number of nitrogens with zero attached hydrogens (tertiary/aromatic N) is 3. The summed E-state index contributed by atoms with van der Waals surface area (Å²) in [4.78, 5) is 22.4. The number of nitrogens with two attached hydrogens (primary N) is 1. The van der Waals surface area contributed by atoms with Gasteiger partial charge in [0.05, 0.1) is 0 Å². The summed E-state index contributed by atoms with van der Waals surface area (Å²) in [6.07, 6.45) is 3.41. The molecular formula is C14H22N6O4S. The molecular weight excluding hydrogens is 348 g/mol. The maximum absolute atomic E-state index is 12.0. The van der Waals surface area contributed by atoms with Crippen molar-refractivity contribution >= 4 is 27.8 Å². The van der Waals surface area contributed by atoms with E-state index in [1.807, 2.05) is 4.90 Å². The van der Waals surface area contributed by atoms with Gasteiger partial charge in [-0.15, -0.1) is 0 Å². The maximum atomic E-state index is 12.0. The lowest BCUT2D eigenvalue weighted by Gasteiger charge is -2.33. The molecule has 0 aromatic carbocycles. The third-order valence-electron chi connectivity index (χ3n) is 4.28. The highest BCUT2D eigenvalue weighted by Gasteiger charge is 2.38. The lowest BCUT2D eigenvalue weighted by atomic mass is 10.1. The predicted octanol–water partition coefficient (Wildman–Crippen LogP) is -0.262. The number of carbonyl (C=O) groups excluding carboxylic acids is 1. The molecule has 11 heteroatoms. The van der Waals surface area contributed by atoms with Gasteiger partial charge in [0.2, 0.25) is 5.75 Å². The lowest BCUT2D eigenvalue weighted by molar-refractivity contribution is -0.129. The average molecular weight is 370 g/mol. The summed E-state index contributed by atoms with van der Waals surface area (Å²) in [5.74, 6) is 1.11. The van der Waals surface area contributed by atoms with Gasteiger partial charge >= 0.3 is 0 Å². The normalized spacial score (nSPS) is 23.2. The molecule has 1 atom stereocenters. The molecule has 0 radical (unpaired) electrons. The van der Waals surface area contributed by atoms with Crippen LogP contribution in [0.2, 0.25) is 0 Å². The molecule has 1 aromatic heterocycles. The highest BCUT2D eigenvalue weighted by Crippen LogP contribution is 2.39. The van der Waals surface area contributed by atoms with Crippen molar-refractivity contribution in [3.8, 4) is 5.75 Å². The Labute approximate surface area is 146 Å². The van der Waals surface area contributed by atoms with Crippen molar-refractivity contribution < 1.29 is 17.9 Å². The predicted molar refractivity (Wildman–Crippen MR) is 91.5 cm³/mol. The summed E-state index contributed by atoms with van der Waals surface area (Å²) in [7, 11) is -3.72. The van der Waals surface area contributed by atoms with E-state index in [1.54, 1.807) is 13.8 Å². The van der Waals surface area contributed by atoms with Crippen molar-refractivity contribution in [3.63, 3.8) is 0 Å². The van der Waals surface area contributed by atoms with Gasteiger partial charge in [-0.1, -0.05) is 0 Å². The zero-order chi connectivity index (χ0) is 18.2. The minimum absolute atomic E-state index is 0.213. The number of aromatic nitrogens is 2. The van der Waals surface area contributed by atoms with E-state index in [0.29, 0.717) is 43.3 Å². The largest absolute Gasteiger partial charge is 0.470 e. The number of hydrogen-bond acceptors (Lipinski definition) is 7. The number of hydrogen-bond donors (Lipinski definition) is 3. The van der Waals surface area contributed by atoms with E-state index in [4.69, 9.17) is 9.88 Å². The zero-order valence-corrected chi connectivity index (χ0v) is 15.0.